The van der Waals surface area contributed by atoms with Crippen LogP contribution in [0.4, 0.5) is 57.1 Å². The summed E-state index contributed by atoms with van der Waals surface area (Å²) in [6, 6.07) is 0. The summed E-state index contributed by atoms with van der Waals surface area (Å²) in [7, 11) is 0. The van der Waals surface area contributed by atoms with Crippen molar-refractivity contribution in [3.8, 4) is 0 Å². The topological polar surface area (TPSA) is 26.3 Å². The van der Waals surface area contributed by atoms with Crippen LogP contribution in [0.2, 0.25) is 0 Å². The van der Waals surface area contributed by atoms with Crippen molar-refractivity contribution in [3.05, 3.63) is 0 Å². The molecule has 0 saturated heterocycles. The highest BCUT2D eigenvalue weighted by Gasteiger charge is 2.77. The number of halogens is 13. The van der Waals surface area contributed by atoms with Crippen molar-refractivity contribution in [3.63, 3.8) is 0 Å². The smallest absolute Gasteiger partial charge is 0.437 e. The third kappa shape index (κ3) is 5.46. The third-order valence-electron chi connectivity index (χ3n) is 6.63. The molecule has 15 heteroatoms. The Labute approximate surface area is 178 Å². The number of hydrogen-bond donors (Lipinski definition) is 0. The molecule has 2 rings (SSSR count). The number of carbonyl (C=O) groups is 1. The van der Waals surface area contributed by atoms with E-state index in [-0.39, 0.29) is 0 Å². The Hall–Kier alpha value is -1.44. The van der Waals surface area contributed by atoms with E-state index >= 15 is 0 Å². The third-order valence-corrected chi connectivity index (χ3v) is 6.63. The summed E-state index contributed by atoms with van der Waals surface area (Å²) < 4.78 is 176. The van der Waals surface area contributed by atoms with Gasteiger partial charge >= 0.3 is 36.3 Å². The molecule has 3 unspecified atom stereocenters. The minimum absolute atomic E-state index is 0.461. The van der Waals surface area contributed by atoms with Crippen molar-refractivity contribution in [1.82, 2.24) is 0 Å². The highest BCUT2D eigenvalue weighted by atomic mass is 19.4. The molecule has 0 aromatic carbocycles. The highest BCUT2D eigenvalue weighted by Crippen LogP contribution is 2.59. The van der Waals surface area contributed by atoms with Gasteiger partial charge in [0.1, 0.15) is 0 Å². The Bertz CT molecular complexity index is 663. The van der Waals surface area contributed by atoms with Gasteiger partial charge < -0.3 is 4.74 Å². The predicted molar refractivity (Wildman–Crippen MR) is 84.2 cm³/mol. The fraction of sp³-hybridized carbons (Fsp3) is 0.944. The Balaban J connectivity index is 2.31. The Morgan fingerprint density at radius 2 is 1.18 bits per heavy atom. The van der Waals surface area contributed by atoms with Crippen molar-refractivity contribution in [2.24, 2.45) is 29.6 Å². The Morgan fingerprint density at radius 1 is 0.727 bits per heavy atom. The van der Waals surface area contributed by atoms with E-state index in [4.69, 9.17) is 0 Å². The number of fused-ring (bicyclic) bond motifs is 1. The Kier molecular flexibility index (Phi) is 7.56. The quantitative estimate of drug-likeness (QED) is 0.300. The van der Waals surface area contributed by atoms with E-state index in [1.54, 1.807) is 0 Å². The van der Waals surface area contributed by atoms with Crippen LogP contribution in [0.25, 0.3) is 0 Å². The molecule has 0 amide bonds. The largest absolute Gasteiger partial charge is 0.437 e. The summed E-state index contributed by atoms with van der Waals surface area (Å²) in [6.45, 7) is -2.26. The zero-order valence-corrected chi connectivity index (χ0v) is 16.6. The molecule has 0 heterocycles. The van der Waals surface area contributed by atoms with E-state index < -0.39 is 111 Å². The second-order valence-corrected chi connectivity index (χ2v) is 8.50. The highest BCUT2D eigenvalue weighted by molar-refractivity contribution is 5.71. The van der Waals surface area contributed by atoms with Crippen LogP contribution in [-0.4, -0.2) is 43.0 Å². The average molecular weight is 514 g/mol. The van der Waals surface area contributed by atoms with Gasteiger partial charge in [0, 0.05) is 5.92 Å². The molecule has 2 saturated carbocycles. The average Bonchev–Trinajstić information content (AvgIpc) is 2.61. The van der Waals surface area contributed by atoms with Gasteiger partial charge in [-0.3, -0.25) is 0 Å². The molecule has 0 radical (unpaired) electrons. The van der Waals surface area contributed by atoms with Gasteiger partial charge in [-0.2, -0.15) is 52.7 Å². The SMILES string of the molecule is O=C(CF)OC([C@@H]1CCC2CC(C(C(F)(F)F)C(F)(F)F)CCC2C1)(C(F)(F)F)C(F)(F)F. The molecule has 0 spiro atoms. The monoisotopic (exact) mass is 514 g/mol. The normalized spacial score (nSPS) is 27.9. The first kappa shape index (κ1) is 27.8. The Morgan fingerprint density at radius 3 is 1.61 bits per heavy atom. The van der Waals surface area contributed by atoms with Gasteiger partial charge in [-0.15, -0.1) is 0 Å². The van der Waals surface area contributed by atoms with Gasteiger partial charge in [0.25, 0.3) is 0 Å². The summed E-state index contributed by atoms with van der Waals surface area (Å²) >= 11 is 0. The minimum atomic E-state index is -6.19. The van der Waals surface area contributed by atoms with Crippen LogP contribution in [0.15, 0.2) is 0 Å². The maximum absolute atomic E-state index is 13.6. The van der Waals surface area contributed by atoms with Crippen LogP contribution in [0.3, 0.4) is 0 Å². The first-order valence-corrected chi connectivity index (χ1v) is 9.80. The van der Waals surface area contributed by atoms with Crippen molar-refractivity contribution < 1.29 is 66.6 Å². The van der Waals surface area contributed by atoms with Gasteiger partial charge in [0.05, 0.1) is 0 Å². The molecular formula is C18H19F13O2. The lowest BCUT2D eigenvalue weighted by molar-refractivity contribution is -0.390. The minimum Gasteiger partial charge on any atom is -0.437 e. The van der Waals surface area contributed by atoms with Gasteiger partial charge in [-0.05, 0) is 56.3 Å². The predicted octanol–water partition coefficient (Wildman–Crippen LogP) is 6.94. The molecule has 2 nitrogen and oxygen atoms in total. The maximum Gasteiger partial charge on any atom is 0.437 e. The van der Waals surface area contributed by atoms with Gasteiger partial charge in [-0.25, -0.2) is 9.18 Å². The molecule has 194 valence electrons. The summed E-state index contributed by atoms with van der Waals surface area (Å²) in [6.07, 6.45) is -27.8. The van der Waals surface area contributed by atoms with Crippen molar-refractivity contribution in [1.29, 1.82) is 0 Å². The van der Waals surface area contributed by atoms with Crippen LogP contribution >= 0.6 is 0 Å². The molecule has 0 aromatic rings. The fourth-order valence-electron chi connectivity index (χ4n) is 5.35. The van der Waals surface area contributed by atoms with Gasteiger partial charge in [0.15, 0.2) is 12.6 Å². The summed E-state index contributed by atoms with van der Waals surface area (Å²) in [5.41, 5.74) is -5.04. The molecule has 0 bridgehead atoms. The molecule has 2 fully saturated rings. The van der Waals surface area contributed by atoms with Crippen LogP contribution in [-0.2, 0) is 9.53 Å². The van der Waals surface area contributed by atoms with E-state index in [1.165, 1.54) is 0 Å². The molecule has 2 aliphatic rings. The lowest BCUT2D eigenvalue weighted by Crippen LogP contribution is -2.65. The second-order valence-electron chi connectivity index (χ2n) is 8.50. The molecular weight excluding hydrogens is 495 g/mol. The maximum atomic E-state index is 13.6. The van der Waals surface area contributed by atoms with Gasteiger partial charge in [-0.1, -0.05) is 0 Å². The van der Waals surface area contributed by atoms with Crippen molar-refractivity contribution in [2.75, 3.05) is 6.67 Å². The fourth-order valence-corrected chi connectivity index (χ4v) is 5.35. The molecule has 0 N–H and O–H groups in total. The van der Waals surface area contributed by atoms with Crippen LogP contribution in [0.1, 0.15) is 38.5 Å². The number of hydrogen-bond acceptors (Lipinski definition) is 2. The van der Waals surface area contributed by atoms with E-state index in [9.17, 15) is 61.9 Å². The molecule has 0 aliphatic heterocycles. The standard InChI is InChI=1S/C18H19F13O2/c19-7-12(32)33-14(17(26,27)28,18(29,30)31)11-4-3-8-5-10(2-1-9(8)6-11)13(15(20,21)22)16(23,24)25/h8-11,13H,1-7H2/t8?,9?,10?,11-/m1/s1. The van der Waals surface area contributed by atoms with E-state index in [1.807, 2.05) is 0 Å². The van der Waals surface area contributed by atoms with Gasteiger partial charge in [0.2, 0.25) is 0 Å². The molecule has 2 aliphatic carbocycles. The van der Waals surface area contributed by atoms with Crippen LogP contribution < -0.4 is 0 Å². The summed E-state index contributed by atoms with van der Waals surface area (Å²) in [5.74, 6) is -12.4. The number of alkyl halides is 13. The second kappa shape index (κ2) is 8.97. The molecule has 4 atom stereocenters. The lowest BCUT2D eigenvalue weighted by Gasteiger charge is -2.49. The van der Waals surface area contributed by atoms with E-state index in [0.717, 1.165) is 0 Å². The van der Waals surface area contributed by atoms with E-state index in [0.29, 0.717) is 0 Å². The number of esters is 1. The molecule has 0 aromatic heterocycles. The zero-order chi connectivity index (χ0) is 25.6. The number of carbonyl (C=O) groups excluding carboxylic acids is 1. The van der Waals surface area contributed by atoms with E-state index in [2.05, 4.69) is 4.74 Å². The lowest BCUT2D eigenvalue weighted by atomic mass is 9.60. The first-order valence-electron chi connectivity index (χ1n) is 9.80. The van der Waals surface area contributed by atoms with Crippen molar-refractivity contribution >= 4 is 5.97 Å². The number of rotatable bonds is 4. The van der Waals surface area contributed by atoms with Crippen LogP contribution in [0.5, 0.6) is 0 Å². The summed E-state index contributed by atoms with van der Waals surface area (Å²) in [4.78, 5) is 11.1. The number of ether oxygens (including phenoxy) is 1. The first-order chi connectivity index (χ1) is 14.8. The van der Waals surface area contributed by atoms with Crippen molar-refractivity contribution in [2.45, 2.75) is 68.8 Å². The summed E-state index contributed by atoms with van der Waals surface area (Å²) in [5, 5.41) is 0. The van der Waals surface area contributed by atoms with Crippen LogP contribution in [0, 0.1) is 29.6 Å². The zero-order valence-electron chi connectivity index (χ0n) is 16.6. The molecule has 33 heavy (non-hydrogen) atoms.